The van der Waals surface area contributed by atoms with Gasteiger partial charge >= 0.3 is 0 Å². The number of anilines is 1. The van der Waals surface area contributed by atoms with Gasteiger partial charge in [0.1, 0.15) is 11.5 Å². The highest BCUT2D eigenvalue weighted by atomic mass is 35.5. The standard InChI is InChI=1S/C14H15ClN2O3/c1-8-6-12(10(3)20-8)9(2)16-14-7-11(17(18)19)4-5-13(14)15/h4-7,9,16H,1-3H3. The molecular formula is C14H15ClN2O3. The van der Waals surface area contributed by atoms with Crippen LogP contribution in [-0.4, -0.2) is 4.92 Å². The zero-order chi connectivity index (χ0) is 14.9. The van der Waals surface area contributed by atoms with Crippen molar-refractivity contribution in [2.24, 2.45) is 0 Å². The predicted molar refractivity (Wildman–Crippen MR) is 78.3 cm³/mol. The van der Waals surface area contributed by atoms with E-state index in [-0.39, 0.29) is 11.7 Å². The van der Waals surface area contributed by atoms with Gasteiger partial charge in [0, 0.05) is 17.7 Å². The van der Waals surface area contributed by atoms with Crippen molar-refractivity contribution < 1.29 is 9.34 Å². The first-order chi connectivity index (χ1) is 9.38. The van der Waals surface area contributed by atoms with Crippen molar-refractivity contribution in [1.82, 2.24) is 0 Å². The Labute approximate surface area is 121 Å². The Morgan fingerprint density at radius 3 is 2.60 bits per heavy atom. The van der Waals surface area contributed by atoms with E-state index in [1.165, 1.54) is 18.2 Å². The third-order valence-corrected chi connectivity index (χ3v) is 3.41. The van der Waals surface area contributed by atoms with Crippen LogP contribution in [0.15, 0.2) is 28.7 Å². The number of nitro groups is 1. The minimum absolute atomic E-state index is 0.00389. The number of nitro benzene ring substituents is 1. The van der Waals surface area contributed by atoms with Crippen LogP contribution in [0.2, 0.25) is 5.02 Å². The molecule has 1 aromatic heterocycles. The van der Waals surface area contributed by atoms with E-state index < -0.39 is 4.92 Å². The second-order valence-corrected chi connectivity index (χ2v) is 5.06. The number of halogens is 1. The Hall–Kier alpha value is -2.01. The zero-order valence-corrected chi connectivity index (χ0v) is 12.2. The monoisotopic (exact) mass is 294 g/mol. The molecule has 0 radical (unpaired) electrons. The molecule has 2 rings (SSSR count). The SMILES string of the molecule is Cc1cc(C(C)Nc2cc([N+](=O)[O-])ccc2Cl)c(C)o1. The van der Waals surface area contributed by atoms with Crippen molar-refractivity contribution in [2.45, 2.75) is 26.8 Å². The van der Waals surface area contributed by atoms with Crippen LogP contribution in [-0.2, 0) is 0 Å². The lowest BCUT2D eigenvalue weighted by Gasteiger charge is -2.15. The number of nitrogens with one attached hydrogen (secondary N) is 1. The van der Waals surface area contributed by atoms with Crippen LogP contribution in [0.1, 0.15) is 30.0 Å². The highest BCUT2D eigenvalue weighted by Gasteiger charge is 2.16. The van der Waals surface area contributed by atoms with E-state index >= 15 is 0 Å². The van der Waals surface area contributed by atoms with Crippen molar-refractivity contribution in [3.63, 3.8) is 0 Å². The third kappa shape index (κ3) is 2.93. The van der Waals surface area contributed by atoms with Crippen molar-refractivity contribution >= 4 is 23.0 Å². The van der Waals surface area contributed by atoms with Gasteiger partial charge in [0.05, 0.1) is 21.7 Å². The van der Waals surface area contributed by atoms with Crippen molar-refractivity contribution in [1.29, 1.82) is 0 Å². The molecule has 1 unspecified atom stereocenters. The molecule has 0 aliphatic carbocycles. The third-order valence-electron chi connectivity index (χ3n) is 3.08. The summed E-state index contributed by atoms with van der Waals surface area (Å²) in [6.07, 6.45) is 0. The molecule has 0 bridgehead atoms. The average molecular weight is 295 g/mol. The average Bonchev–Trinajstić information content (AvgIpc) is 2.71. The lowest BCUT2D eigenvalue weighted by Crippen LogP contribution is -2.07. The molecule has 0 spiro atoms. The molecule has 6 heteroatoms. The molecule has 0 saturated carbocycles. The molecule has 0 saturated heterocycles. The Morgan fingerprint density at radius 2 is 2.05 bits per heavy atom. The summed E-state index contributed by atoms with van der Waals surface area (Å²) in [5.74, 6) is 1.65. The number of aryl methyl sites for hydroxylation is 2. The van der Waals surface area contributed by atoms with Crippen LogP contribution in [0.5, 0.6) is 0 Å². The summed E-state index contributed by atoms with van der Waals surface area (Å²) in [7, 11) is 0. The van der Waals surface area contributed by atoms with E-state index in [1.807, 2.05) is 26.8 Å². The van der Waals surface area contributed by atoms with Crippen LogP contribution in [0.3, 0.4) is 0 Å². The summed E-state index contributed by atoms with van der Waals surface area (Å²) in [6, 6.07) is 6.21. The molecule has 0 aliphatic rings. The van der Waals surface area contributed by atoms with Gasteiger partial charge in [-0.2, -0.15) is 0 Å². The normalized spacial score (nSPS) is 12.2. The summed E-state index contributed by atoms with van der Waals surface area (Å²) in [6.45, 7) is 5.71. The Kier molecular flexibility index (Phi) is 3.99. The van der Waals surface area contributed by atoms with Gasteiger partial charge in [-0.15, -0.1) is 0 Å². The molecule has 5 nitrogen and oxygen atoms in total. The number of rotatable bonds is 4. The second-order valence-electron chi connectivity index (χ2n) is 4.66. The summed E-state index contributed by atoms with van der Waals surface area (Å²) < 4.78 is 5.48. The summed E-state index contributed by atoms with van der Waals surface area (Å²) in [4.78, 5) is 10.4. The lowest BCUT2D eigenvalue weighted by molar-refractivity contribution is -0.384. The Balaban J connectivity index is 2.27. The van der Waals surface area contributed by atoms with E-state index in [0.29, 0.717) is 10.7 Å². The maximum Gasteiger partial charge on any atom is 0.271 e. The van der Waals surface area contributed by atoms with Gasteiger partial charge in [-0.3, -0.25) is 10.1 Å². The van der Waals surface area contributed by atoms with Gasteiger partial charge < -0.3 is 9.73 Å². The first kappa shape index (κ1) is 14.4. The molecule has 0 fully saturated rings. The van der Waals surface area contributed by atoms with E-state index in [0.717, 1.165) is 17.1 Å². The first-order valence-corrected chi connectivity index (χ1v) is 6.53. The molecule has 1 heterocycles. The fourth-order valence-corrected chi connectivity index (χ4v) is 2.30. The number of non-ortho nitro benzene ring substituents is 1. The van der Waals surface area contributed by atoms with Gasteiger partial charge in [-0.25, -0.2) is 0 Å². The zero-order valence-electron chi connectivity index (χ0n) is 11.4. The largest absolute Gasteiger partial charge is 0.466 e. The fourth-order valence-electron chi connectivity index (χ4n) is 2.13. The molecular weight excluding hydrogens is 280 g/mol. The van der Waals surface area contributed by atoms with Gasteiger partial charge in [0.2, 0.25) is 0 Å². The minimum Gasteiger partial charge on any atom is -0.466 e. The topological polar surface area (TPSA) is 68.3 Å². The maximum atomic E-state index is 10.8. The van der Waals surface area contributed by atoms with E-state index in [1.54, 1.807) is 0 Å². The van der Waals surface area contributed by atoms with Crippen LogP contribution < -0.4 is 5.32 Å². The van der Waals surface area contributed by atoms with E-state index in [9.17, 15) is 10.1 Å². The Bertz CT molecular complexity index is 652. The summed E-state index contributed by atoms with van der Waals surface area (Å²) >= 11 is 6.07. The summed E-state index contributed by atoms with van der Waals surface area (Å²) in [5, 5.41) is 14.4. The van der Waals surface area contributed by atoms with Gasteiger partial charge in [0.25, 0.3) is 5.69 Å². The van der Waals surface area contributed by atoms with Crippen molar-refractivity contribution in [3.05, 3.63) is 56.5 Å². The van der Waals surface area contributed by atoms with Crippen molar-refractivity contribution in [3.8, 4) is 0 Å². The molecule has 1 aromatic carbocycles. The quantitative estimate of drug-likeness (QED) is 0.659. The molecule has 0 aliphatic heterocycles. The minimum atomic E-state index is -0.445. The molecule has 2 aromatic rings. The molecule has 1 atom stereocenters. The maximum absolute atomic E-state index is 10.8. The van der Waals surface area contributed by atoms with Crippen LogP contribution in [0.25, 0.3) is 0 Å². The molecule has 106 valence electrons. The number of furan rings is 1. The number of hydrogen-bond acceptors (Lipinski definition) is 4. The predicted octanol–water partition coefficient (Wildman–Crippen LogP) is 4.63. The lowest BCUT2D eigenvalue weighted by atomic mass is 10.1. The van der Waals surface area contributed by atoms with Crippen molar-refractivity contribution in [2.75, 3.05) is 5.32 Å². The second kappa shape index (κ2) is 5.54. The van der Waals surface area contributed by atoms with Crippen LogP contribution in [0.4, 0.5) is 11.4 Å². The Morgan fingerprint density at radius 1 is 1.35 bits per heavy atom. The van der Waals surface area contributed by atoms with Crippen LogP contribution in [0, 0.1) is 24.0 Å². The van der Waals surface area contributed by atoms with Crippen LogP contribution >= 0.6 is 11.6 Å². The van der Waals surface area contributed by atoms with E-state index in [2.05, 4.69) is 5.32 Å². The molecule has 0 amide bonds. The highest BCUT2D eigenvalue weighted by molar-refractivity contribution is 6.33. The van der Waals surface area contributed by atoms with E-state index in [4.69, 9.17) is 16.0 Å². The molecule has 20 heavy (non-hydrogen) atoms. The number of benzene rings is 1. The number of hydrogen-bond donors (Lipinski definition) is 1. The van der Waals surface area contributed by atoms with Gasteiger partial charge in [-0.05, 0) is 32.9 Å². The smallest absolute Gasteiger partial charge is 0.271 e. The highest BCUT2D eigenvalue weighted by Crippen LogP contribution is 2.31. The fraction of sp³-hybridized carbons (Fsp3) is 0.286. The first-order valence-electron chi connectivity index (χ1n) is 6.16. The van der Waals surface area contributed by atoms with Gasteiger partial charge in [0.15, 0.2) is 0 Å². The summed E-state index contributed by atoms with van der Waals surface area (Å²) in [5.41, 5.74) is 1.54. The molecule has 1 N–H and O–H groups in total. The number of nitrogens with zero attached hydrogens (tertiary/aromatic N) is 1. The van der Waals surface area contributed by atoms with Gasteiger partial charge in [-0.1, -0.05) is 11.6 Å².